The van der Waals surface area contributed by atoms with E-state index in [1.165, 1.54) is 0 Å². The van der Waals surface area contributed by atoms with Gasteiger partial charge in [0, 0.05) is 37.1 Å². The molecule has 4 rings (SSSR count). The van der Waals surface area contributed by atoms with E-state index in [2.05, 4.69) is 15.6 Å². The van der Waals surface area contributed by atoms with Crippen molar-refractivity contribution in [3.8, 4) is 0 Å². The average molecular weight is 364 g/mol. The molecule has 1 aliphatic carbocycles. The third-order valence-electron chi connectivity index (χ3n) is 5.15. The summed E-state index contributed by atoms with van der Waals surface area (Å²) in [6.07, 6.45) is 7.63. The van der Waals surface area contributed by atoms with Crippen molar-refractivity contribution < 1.29 is 9.59 Å². The van der Waals surface area contributed by atoms with Crippen molar-refractivity contribution in [3.05, 3.63) is 65.5 Å². The molecule has 2 fully saturated rings. The second kappa shape index (κ2) is 7.78. The summed E-state index contributed by atoms with van der Waals surface area (Å²) in [7, 11) is 0. The summed E-state index contributed by atoms with van der Waals surface area (Å²) in [5.41, 5.74) is 2.69. The van der Waals surface area contributed by atoms with E-state index >= 15 is 0 Å². The van der Waals surface area contributed by atoms with Crippen LogP contribution in [-0.2, 0) is 6.54 Å². The van der Waals surface area contributed by atoms with Crippen LogP contribution in [0.5, 0.6) is 0 Å². The average Bonchev–Trinajstić information content (AvgIpc) is 3.38. The Morgan fingerprint density at radius 2 is 1.93 bits per heavy atom. The lowest BCUT2D eigenvalue weighted by Gasteiger charge is -2.25. The number of amides is 3. The van der Waals surface area contributed by atoms with Gasteiger partial charge in [0.1, 0.15) is 0 Å². The predicted molar refractivity (Wildman–Crippen MR) is 102 cm³/mol. The number of carbonyl (C=O) groups is 2. The van der Waals surface area contributed by atoms with E-state index < -0.39 is 0 Å². The van der Waals surface area contributed by atoms with Crippen LogP contribution < -0.4 is 10.6 Å². The number of urea groups is 1. The first-order valence-corrected chi connectivity index (χ1v) is 9.55. The number of rotatable bonds is 5. The SMILES string of the molecule is O=C(NC1CC1)c1cccc(CNC(=O)N2CCC[C@@H]2c2ccncc2)c1. The number of nitrogens with one attached hydrogen (secondary N) is 2. The highest BCUT2D eigenvalue weighted by Gasteiger charge is 2.29. The molecule has 27 heavy (non-hydrogen) atoms. The van der Waals surface area contributed by atoms with Crippen LogP contribution in [0.3, 0.4) is 0 Å². The Morgan fingerprint density at radius 3 is 2.70 bits per heavy atom. The minimum atomic E-state index is -0.0675. The van der Waals surface area contributed by atoms with Gasteiger partial charge in [0.2, 0.25) is 0 Å². The highest BCUT2D eigenvalue weighted by molar-refractivity contribution is 5.94. The number of nitrogens with zero attached hydrogens (tertiary/aromatic N) is 2. The van der Waals surface area contributed by atoms with E-state index in [1.54, 1.807) is 12.4 Å². The maximum atomic E-state index is 12.7. The number of pyridine rings is 1. The van der Waals surface area contributed by atoms with Crippen molar-refractivity contribution in [2.45, 2.75) is 44.3 Å². The Labute approximate surface area is 159 Å². The molecule has 3 amide bonds. The molecule has 0 unspecified atom stereocenters. The number of likely N-dealkylation sites (tertiary alicyclic amines) is 1. The lowest BCUT2D eigenvalue weighted by molar-refractivity contribution is 0.0951. The highest BCUT2D eigenvalue weighted by atomic mass is 16.2. The van der Waals surface area contributed by atoms with E-state index in [9.17, 15) is 9.59 Å². The summed E-state index contributed by atoms with van der Waals surface area (Å²) in [5, 5.41) is 5.99. The fourth-order valence-electron chi connectivity index (χ4n) is 3.54. The smallest absolute Gasteiger partial charge is 0.318 e. The molecule has 2 aromatic rings. The predicted octanol–water partition coefficient (Wildman–Crippen LogP) is 3.02. The fourth-order valence-corrected chi connectivity index (χ4v) is 3.54. The largest absolute Gasteiger partial charge is 0.349 e. The molecule has 6 nitrogen and oxygen atoms in total. The first-order chi connectivity index (χ1) is 13.2. The van der Waals surface area contributed by atoms with Crippen LogP contribution in [-0.4, -0.2) is 34.4 Å². The molecule has 6 heteroatoms. The second-order valence-corrected chi connectivity index (χ2v) is 7.24. The van der Waals surface area contributed by atoms with E-state index in [-0.39, 0.29) is 18.0 Å². The molecule has 2 aliphatic rings. The molecule has 1 aliphatic heterocycles. The molecular weight excluding hydrogens is 340 g/mol. The zero-order valence-electron chi connectivity index (χ0n) is 15.2. The first kappa shape index (κ1) is 17.5. The van der Waals surface area contributed by atoms with Gasteiger partial charge in [-0.2, -0.15) is 0 Å². The van der Waals surface area contributed by atoms with Crippen LogP contribution >= 0.6 is 0 Å². The molecule has 2 heterocycles. The third-order valence-corrected chi connectivity index (χ3v) is 5.15. The highest BCUT2D eigenvalue weighted by Crippen LogP contribution is 2.31. The van der Waals surface area contributed by atoms with Crippen LogP contribution in [0, 0.1) is 0 Å². The standard InChI is InChI=1S/C21H24N4O2/c26-20(24-18-6-7-18)17-4-1-3-15(13-17)14-23-21(27)25-12-2-5-19(25)16-8-10-22-11-9-16/h1,3-4,8-11,13,18-19H,2,5-7,12,14H2,(H,23,27)(H,24,26)/t19-/m1/s1. The number of hydrogen-bond acceptors (Lipinski definition) is 3. The zero-order valence-corrected chi connectivity index (χ0v) is 15.2. The van der Waals surface area contributed by atoms with Crippen molar-refractivity contribution in [2.75, 3.05) is 6.54 Å². The van der Waals surface area contributed by atoms with Crippen molar-refractivity contribution in [1.82, 2.24) is 20.5 Å². The Kier molecular flexibility index (Phi) is 5.05. The zero-order chi connectivity index (χ0) is 18.6. The van der Waals surface area contributed by atoms with Gasteiger partial charge in [0.25, 0.3) is 5.91 Å². The van der Waals surface area contributed by atoms with Gasteiger partial charge in [-0.05, 0) is 61.1 Å². The lowest BCUT2D eigenvalue weighted by atomic mass is 10.1. The normalized spacial score (nSPS) is 19.0. The first-order valence-electron chi connectivity index (χ1n) is 9.55. The monoisotopic (exact) mass is 364 g/mol. The molecule has 1 aromatic carbocycles. The van der Waals surface area contributed by atoms with Gasteiger partial charge in [-0.15, -0.1) is 0 Å². The Morgan fingerprint density at radius 1 is 1.11 bits per heavy atom. The van der Waals surface area contributed by atoms with Gasteiger partial charge in [-0.3, -0.25) is 9.78 Å². The van der Waals surface area contributed by atoms with E-state index in [0.29, 0.717) is 18.2 Å². The number of benzene rings is 1. The van der Waals surface area contributed by atoms with Crippen molar-refractivity contribution in [2.24, 2.45) is 0 Å². The summed E-state index contributed by atoms with van der Waals surface area (Å²) < 4.78 is 0. The minimum absolute atomic E-state index is 0.0389. The molecule has 0 bridgehead atoms. The van der Waals surface area contributed by atoms with Gasteiger partial charge in [-0.25, -0.2) is 4.79 Å². The maximum Gasteiger partial charge on any atom is 0.318 e. The molecule has 140 valence electrons. The van der Waals surface area contributed by atoms with Crippen LogP contribution in [0.2, 0.25) is 0 Å². The van der Waals surface area contributed by atoms with Gasteiger partial charge in [0.05, 0.1) is 6.04 Å². The van der Waals surface area contributed by atoms with E-state index in [4.69, 9.17) is 0 Å². The second-order valence-electron chi connectivity index (χ2n) is 7.24. The summed E-state index contributed by atoms with van der Waals surface area (Å²) >= 11 is 0. The van der Waals surface area contributed by atoms with Crippen LogP contribution in [0.4, 0.5) is 4.79 Å². The van der Waals surface area contributed by atoms with Gasteiger partial charge in [-0.1, -0.05) is 12.1 Å². The molecule has 0 radical (unpaired) electrons. The Balaban J connectivity index is 1.36. The summed E-state index contributed by atoms with van der Waals surface area (Å²) in [4.78, 5) is 30.8. The van der Waals surface area contributed by atoms with Gasteiger partial charge >= 0.3 is 6.03 Å². The van der Waals surface area contributed by atoms with Gasteiger partial charge < -0.3 is 15.5 Å². The number of carbonyl (C=O) groups excluding carboxylic acids is 2. The van der Waals surface area contributed by atoms with Crippen LogP contribution in [0.15, 0.2) is 48.8 Å². The van der Waals surface area contributed by atoms with E-state index in [1.807, 2.05) is 41.3 Å². The molecule has 1 atom stereocenters. The quantitative estimate of drug-likeness (QED) is 0.856. The summed E-state index contributed by atoms with van der Waals surface area (Å²) in [5.74, 6) is -0.0389. The van der Waals surface area contributed by atoms with Crippen LogP contribution in [0.25, 0.3) is 0 Å². The molecule has 0 spiro atoms. The minimum Gasteiger partial charge on any atom is -0.349 e. The molecule has 1 aromatic heterocycles. The van der Waals surface area contributed by atoms with Crippen LogP contribution in [0.1, 0.15) is 53.2 Å². The molecular formula is C21H24N4O2. The molecule has 1 saturated heterocycles. The molecule has 1 saturated carbocycles. The Bertz CT molecular complexity index is 820. The van der Waals surface area contributed by atoms with E-state index in [0.717, 1.165) is 43.4 Å². The molecule has 2 N–H and O–H groups in total. The maximum absolute atomic E-state index is 12.7. The van der Waals surface area contributed by atoms with Crippen molar-refractivity contribution in [3.63, 3.8) is 0 Å². The third kappa shape index (κ3) is 4.27. The van der Waals surface area contributed by atoms with Crippen molar-refractivity contribution in [1.29, 1.82) is 0 Å². The summed E-state index contributed by atoms with van der Waals surface area (Å²) in [6, 6.07) is 11.8. The lowest BCUT2D eigenvalue weighted by Crippen LogP contribution is -2.39. The number of aromatic nitrogens is 1. The fraction of sp³-hybridized carbons (Fsp3) is 0.381. The number of hydrogen-bond donors (Lipinski definition) is 2. The summed E-state index contributed by atoms with van der Waals surface area (Å²) in [6.45, 7) is 1.16. The van der Waals surface area contributed by atoms with Crippen molar-refractivity contribution >= 4 is 11.9 Å². The van der Waals surface area contributed by atoms with Gasteiger partial charge in [0.15, 0.2) is 0 Å². The topological polar surface area (TPSA) is 74.3 Å². The Hall–Kier alpha value is -2.89.